The van der Waals surface area contributed by atoms with Gasteiger partial charge in [0.2, 0.25) is 5.91 Å². The van der Waals surface area contributed by atoms with E-state index in [-0.39, 0.29) is 35.2 Å². The van der Waals surface area contributed by atoms with Crippen LogP contribution in [0.1, 0.15) is 49.9 Å². The van der Waals surface area contributed by atoms with Gasteiger partial charge in [0.05, 0.1) is 17.0 Å². The van der Waals surface area contributed by atoms with E-state index in [9.17, 15) is 31.2 Å². The number of carbonyl (C=O) groups excluding carboxylic acids is 2. The lowest BCUT2D eigenvalue weighted by atomic mass is 9.81. The molecule has 1 aliphatic heterocycles. The van der Waals surface area contributed by atoms with Crippen LogP contribution in [0, 0.1) is 5.92 Å². The number of anilines is 1. The Morgan fingerprint density at radius 2 is 1.95 bits per heavy atom. The van der Waals surface area contributed by atoms with Crippen LogP contribution in [0.15, 0.2) is 18.2 Å². The van der Waals surface area contributed by atoms with Crippen molar-refractivity contribution in [1.29, 1.82) is 0 Å². The Hall–Kier alpha value is -2.54. The number of alkyl halides is 3. The molecule has 3 rings (SSSR count). The summed E-state index contributed by atoms with van der Waals surface area (Å²) in [4.78, 5) is 30.0. The van der Waals surface area contributed by atoms with Crippen molar-refractivity contribution in [2.75, 3.05) is 31.3 Å². The molecule has 2 fully saturated rings. The maximum atomic E-state index is 13.3. The number of halogens is 3. The third kappa shape index (κ3) is 7.28. The standard InChI is InChI=1S/C24H35F3N4O5S/c1-14(2)30(3)16-8-9-19(15(12-16)13-37(4,34)35)31-11-10-18(23(31)33)29-22(32)17-6-5-7-20(21(17)28)36-24(25,26)27/h5-7,14-16,18-19H,8-13,28H2,1-4H3,(H,29,32)/t15-,16+,18-,19-/m0/s1. The monoisotopic (exact) mass is 548 g/mol. The number of hydrogen-bond acceptors (Lipinski definition) is 7. The van der Waals surface area contributed by atoms with E-state index in [1.807, 2.05) is 7.05 Å². The van der Waals surface area contributed by atoms with E-state index in [1.54, 1.807) is 4.90 Å². The first kappa shape index (κ1) is 29.0. The SMILES string of the molecule is CC(C)N(C)[C@@H]1CC[C@H](N2CC[C@H](NC(=O)c3cccc(OC(F)(F)F)c3N)C2=O)[C@H](CS(C)(=O)=O)C1. The van der Waals surface area contributed by atoms with Gasteiger partial charge in [0.15, 0.2) is 5.75 Å². The first-order valence-corrected chi connectivity index (χ1v) is 14.3. The number of para-hydroxylation sites is 1. The number of hydrogen-bond donors (Lipinski definition) is 2. The first-order valence-electron chi connectivity index (χ1n) is 12.2. The van der Waals surface area contributed by atoms with Crippen molar-refractivity contribution in [3.8, 4) is 5.75 Å². The second kappa shape index (κ2) is 11.1. The predicted molar refractivity (Wildman–Crippen MR) is 133 cm³/mol. The summed E-state index contributed by atoms with van der Waals surface area (Å²) in [5.74, 6) is -2.12. The number of likely N-dealkylation sites (tertiary alicyclic amines) is 1. The van der Waals surface area contributed by atoms with Crippen molar-refractivity contribution >= 4 is 27.3 Å². The molecule has 1 aromatic carbocycles. The number of rotatable bonds is 8. The number of nitrogen functional groups attached to an aromatic ring is 1. The molecule has 37 heavy (non-hydrogen) atoms. The minimum Gasteiger partial charge on any atom is -0.404 e. The Morgan fingerprint density at radius 3 is 2.54 bits per heavy atom. The Balaban J connectivity index is 1.73. The lowest BCUT2D eigenvalue weighted by Gasteiger charge is -2.44. The number of sulfone groups is 1. The third-order valence-electron chi connectivity index (χ3n) is 7.30. The van der Waals surface area contributed by atoms with Crippen molar-refractivity contribution in [2.24, 2.45) is 5.92 Å². The van der Waals surface area contributed by atoms with Crippen LogP contribution in [-0.2, 0) is 14.6 Å². The Kier molecular flexibility index (Phi) is 8.68. The average Bonchev–Trinajstić information content (AvgIpc) is 3.12. The zero-order valence-corrected chi connectivity index (χ0v) is 22.2. The van der Waals surface area contributed by atoms with Crippen LogP contribution in [0.5, 0.6) is 5.75 Å². The molecule has 13 heteroatoms. The van der Waals surface area contributed by atoms with Crippen molar-refractivity contribution in [3.05, 3.63) is 23.8 Å². The molecule has 2 aliphatic rings. The molecule has 4 atom stereocenters. The van der Waals surface area contributed by atoms with E-state index in [2.05, 4.69) is 28.8 Å². The number of ether oxygens (including phenoxy) is 1. The number of nitrogens with zero attached hydrogens (tertiary/aromatic N) is 2. The van der Waals surface area contributed by atoms with Crippen molar-refractivity contribution < 1.29 is 35.9 Å². The van der Waals surface area contributed by atoms with Gasteiger partial charge >= 0.3 is 6.36 Å². The number of nitrogens with one attached hydrogen (secondary N) is 1. The summed E-state index contributed by atoms with van der Waals surface area (Å²) in [5.41, 5.74) is 5.02. The fourth-order valence-electron chi connectivity index (χ4n) is 5.35. The molecular formula is C24H35F3N4O5S. The maximum Gasteiger partial charge on any atom is 0.573 e. The second-order valence-corrected chi connectivity index (χ2v) is 12.4. The highest BCUT2D eigenvalue weighted by Gasteiger charge is 2.44. The average molecular weight is 549 g/mol. The predicted octanol–water partition coefficient (Wildman–Crippen LogP) is 2.42. The minimum absolute atomic E-state index is 0.0383. The molecule has 0 aromatic heterocycles. The number of benzene rings is 1. The zero-order chi connectivity index (χ0) is 27.7. The van der Waals surface area contributed by atoms with Gasteiger partial charge in [0.1, 0.15) is 15.9 Å². The quantitative estimate of drug-likeness (QED) is 0.479. The van der Waals surface area contributed by atoms with E-state index < -0.39 is 39.6 Å². The van der Waals surface area contributed by atoms with E-state index in [4.69, 9.17) is 5.73 Å². The molecule has 208 valence electrons. The van der Waals surface area contributed by atoms with Gasteiger partial charge in [-0.2, -0.15) is 0 Å². The molecule has 0 bridgehead atoms. The molecule has 2 amide bonds. The summed E-state index contributed by atoms with van der Waals surface area (Å²) in [6, 6.07) is 2.77. The van der Waals surface area contributed by atoms with E-state index >= 15 is 0 Å². The summed E-state index contributed by atoms with van der Waals surface area (Å²) in [6.45, 7) is 4.49. The lowest BCUT2D eigenvalue weighted by Crippen LogP contribution is -2.53. The fraction of sp³-hybridized carbons (Fsp3) is 0.667. The van der Waals surface area contributed by atoms with Crippen LogP contribution in [0.4, 0.5) is 18.9 Å². The van der Waals surface area contributed by atoms with Gasteiger partial charge in [-0.3, -0.25) is 9.59 Å². The minimum atomic E-state index is -4.98. The second-order valence-electron chi connectivity index (χ2n) is 10.3. The molecule has 0 spiro atoms. The molecular weight excluding hydrogens is 513 g/mol. The Morgan fingerprint density at radius 1 is 1.27 bits per heavy atom. The third-order valence-corrected chi connectivity index (χ3v) is 8.34. The van der Waals surface area contributed by atoms with Gasteiger partial charge in [-0.25, -0.2) is 8.42 Å². The molecule has 1 heterocycles. The van der Waals surface area contributed by atoms with Crippen LogP contribution >= 0.6 is 0 Å². The van der Waals surface area contributed by atoms with Crippen LogP contribution in [0.3, 0.4) is 0 Å². The summed E-state index contributed by atoms with van der Waals surface area (Å²) in [5, 5.41) is 2.58. The topological polar surface area (TPSA) is 122 Å². The summed E-state index contributed by atoms with van der Waals surface area (Å²) in [6.07, 6.45) is -1.41. The van der Waals surface area contributed by atoms with Gasteiger partial charge in [0.25, 0.3) is 5.91 Å². The molecule has 0 radical (unpaired) electrons. The normalized spacial score (nSPS) is 25.1. The van der Waals surface area contributed by atoms with Crippen LogP contribution in [0.2, 0.25) is 0 Å². The molecule has 1 aliphatic carbocycles. The van der Waals surface area contributed by atoms with Crippen molar-refractivity contribution in [3.63, 3.8) is 0 Å². The lowest BCUT2D eigenvalue weighted by molar-refractivity contribution is -0.274. The van der Waals surface area contributed by atoms with Crippen molar-refractivity contribution in [1.82, 2.24) is 15.1 Å². The highest BCUT2D eigenvalue weighted by atomic mass is 32.2. The molecule has 1 saturated heterocycles. The number of carbonyl (C=O) groups is 2. The van der Waals surface area contributed by atoms with Crippen LogP contribution < -0.4 is 15.8 Å². The van der Waals surface area contributed by atoms with Crippen LogP contribution in [-0.4, -0.2) is 86.2 Å². The van der Waals surface area contributed by atoms with Gasteiger partial charge in [-0.05, 0) is 64.6 Å². The van der Waals surface area contributed by atoms with Gasteiger partial charge < -0.3 is 25.6 Å². The van der Waals surface area contributed by atoms with E-state index in [0.717, 1.165) is 12.5 Å². The van der Waals surface area contributed by atoms with Gasteiger partial charge in [-0.15, -0.1) is 13.2 Å². The highest BCUT2D eigenvalue weighted by molar-refractivity contribution is 7.90. The van der Waals surface area contributed by atoms with Gasteiger partial charge in [-0.1, -0.05) is 6.07 Å². The first-order chi connectivity index (χ1) is 17.1. The molecule has 9 nitrogen and oxygen atoms in total. The maximum absolute atomic E-state index is 13.3. The molecule has 3 N–H and O–H groups in total. The molecule has 1 saturated carbocycles. The zero-order valence-electron chi connectivity index (χ0n) is 21.4. The fourth-order valence-corrected chi connectivity index (χ4v) is 6.49. The Bertz CT molecular complexity index is 1110. The summed E-state index contributed by atoms with van der Waals surface area (Å²) in [7, 11) is -1.28. The highest BCUT2D eigenvalue weighted by Crippen LogP contribution is 2.35. The molecule has 0 unspecified atom stereocenters. The Labute approximate surface area is 215 Å². The van der Waals surface area contributed by atoms with Gasteiger partial charge in [0, 0.05) is 30.9 Å². The molecule has 1 aromatic rings. The van der Waals surface area contributed by atoms with Crippen molar-refractivity contribution in [2.45, 2.75) is 70.1 Å². The summed E-state index contributed by atoms with van der Waals surface area (Å²) >= 11 is 0. The van der Waals surface area contributed by atoms with E-state index in [1.165, 1.54) is 18.4 Å². The summed E-state index contributed by atoms with van der Waals surface area (Å²) < 4.78 is 66.1. The smallest absolute Gasteiger partial charge is 0.404 e. The van der Waals surface area contributed by atoms with E-state index in [0.29, 0.717) is 31.8 Å². The number of nitrogens with two attached hydrogens (primary N) is 1. The number of amides is 2. The van der Waals surface area contributed by atoms with Crippen LogP contribution in [0.25, 0.3) is 0 Å². The largest absolute Gasteiger partial charge is 0.573 e.